The van der Waals surface area contributed by atoms with Gasteiger partial charge in [-0.15, -0.1) is 0 Å². The normalized spacial score (nSPS) is 18.6. The van der Waals surface area contributed by atoms with Crippen molar-refractivity contribution in [1.82, 2.24) is 14.5 Å². The number of hydrogen-bond donors (Lipinski definition) is 0. The molecule has 25 heavy (non-hydrogen) atoms. The molecule has 0 spiro atoms. The molecule has 0 aromatic carbocycles. The van der Waals surface area contributed by atoms with Crippen LogP contribution < -0.4 is 4.90 Å². The van der Waals surface area contributed by atoms with E-state index in [1.807, 2.05) is 6.92 Å². The number of methoxy groups -OCH3 is 1. The predicted molar refractivity (Wildman–Crippen MR) is 82.5 cm³/mol. The smallest absolute Gasteiger partial charge is 0.416 e. The van der Waals surface area contributed by atoms with E-state index in [2.05, 4.69) is 14.7 Å². The fourth-order valence-electron chi connectivity index (χ4n) is 2.79. The lowest BCUT2D eigenvalue weighted by Gasteiger charge is -2.34. The van der Waals surface area contributed by atoms with Gasteiger partial charge in [0.2, 0.25) is 5.95 Å². The first-order valence-electron chi connectivity index (χ1n) is 7.73. The van der Waals surface area contributed by atoms with Gasteiger partial charge in [-0.05, 0) is 13.0 Å². The van der Waals surface area contributed by atoms with E-state index in [0.29, 0.717) is 30.2 Å². The summed E-state index contributed by atoms with van der Waals surface area (Å²) in [7, 11) is 1.26. The van der Waals surface area contributed by atoms with Gasteiger partial charge in [0.25, 0.3) is 0 Å². The summed E-state index contributed by atoms with van der Waals surface area (Å²) >= 11 is 0. The minimum Gasteiger partial charge on any atom is -0.465 e. The standard InChI is InChI=1S/C15H17F3N4O3/c1-3-22-12-10(6-9(7-19-12)13(23)24-2)20-14(22)21-4-5-25-11(8-21)15(16,17)18/h6-7,11H,3-5,8H2,1-2H3. The Balaban J connectivity index is 1.99. The van der Waals surface area contributed by atoms with Crippen LogP contribution in [0.2, 0.25) is 0 Å². The zero-order chi connectivity index (χ0) is 18.2. The third-order valence-electron chi connectivity index (χ3n) is 4.02. The summed E-state index contributed by atoms with van der Waals surface area (Å²) in [5, 5.41) is 0. The molecular weight excluding hydrogens is 341 g/mol. The highest BCUT2D eigenvalue weighted by atomic mass is 19.4. The second-order valence-corrected chi connectivity index (χ2v) is 5.56. The Hall–Kier alpha value is -2.36. The van der Waals surface area contributed by atoms with Crippen molar-refractivity contribution in [3.05, 3.63) is 17.8 Å². The van der Waals surface area contributed by atoms with Gasteiger partial charge in [0.05, 0.1) is 25.8 Å². The molecule has 1 saturated heterocycles. The molecule has 2 aromatic rings. The molecular formula is C15H17F3N4O3. The topological polar surface area (TPSA) is 69.5 Å². The number of esters is 1. The molecule has 3 rings (SSSR count). The Labute approximate surface area is 141 Å². The molecule has 3 heterocycles. The number of rotatable bonds is 3. The van der Waals surface area contributed by atoms with Gasteiger partial charge in [-0.25, -0.2) is 14.8 Å². The number of carbonyl (C=O) groups excluding carboxylic acids is 1. The summed E-state index contributed by atoms with van der Waals surface area (Å²) in [5.74, 6) is -0.171. The van der Waals surface area contributed by atoms with Gasteiger partial charge >= 0.3 is 12.1 Å². The van der Waals surface area contributed by atoms with Crippen molar-refractivity contribution in [1.29, 1.82) is 0 Å². The van der Waals surface area contributed by atoms with E-state index in [1.54, 1.807) is 4.57 Å². The lowest BCUT2D eigenvalue weighted by molar-refractivity contribution is -0.221. The Morgan fingerprint density at radius 2 is 2.24 bits per heavy atom. The van der Waals surface area contributed by atoms with E-state index in [9.17, 15) is 18.0 Å². The Bertz CT molecular complexity index is 790. The largest absolute Gasteiger partial charge is 0.465 e. The Kier molecular flexibility index (Phi) is 4.55. The number of halogens is 3. The highest BCUT2D eigenvalue weighted by molar-refractivity contribution is 5.92. The number of ether oxygens (including phenoxy) is 2. The van der Waals surface area contributed by atoms with Crippen LogP contribution in [0.1, 0.15) is 17.3 Å². The zero-order valence-electron chi connectivity index (χ0n) is 13.7. The lowest BCUT2D eigenvalue weighted by Crippen LogP contribution is -2.50. The number of fused-ring (bicyclic) bond motifs is 1. The molecule has 0 amide bonds. The van der Waals surface area contributed by atoms with Gasteiger partial charge in [0, 0.05) is 19.3 Å². The van der Waals surface area contributed by atoms with Crippen LogP contribution in [0.25, 0.3) is 11.2 Å². The van der Waals surface area contributed by atoms with E-state index >= 15 is 0 Å². The third kappa shape index (κ3) is 3.26. The van der Waals surface area contributed by atoms with Crippen LogP contribution in [0.3, 0.4) is 0 Å². The molecule has 0 N–H and O–H groups in total. The van der Waals surface area contributed by atoms with Crippen molar-refractivity contribution in [2.45, 2.75) is 25.7 Å². The molecule has 7 nitrogen and oxygen atoms in total. The van der Waals surface area contributed by atoms with Crippen molar-refractivity contribution in [2.75, 3.05) is 31.7 Å². The SMILES string of the molecule is CCn1c(N2CCOC(C(F)(F)F)C2)nc2cc(C(=O)OC)cnc21. The molecule has 136 valence electrons. The van der Waals surface area contributed by atoms with E-state index in [1.165, 1.54) is 24.3 Å². The monoisotopic (exact) mass is 358 g/mol. The van der Waals surface area contributed by atoms with Gasteiger partial charge in [0.15, 0.2) is 11.8 Å². The highest BCUT2D eigenvalue weighted by Crippen LogP contribution is 2.29. The molecule has 1 unspecified atom stereocenters. The van der Waals surface area contributed by atoms with Crippen molar-refractivity contribution in [3.8, 4) is 0 Å². The Morgan fingerprint density at radius 1 is 1.48 bits per heavy atom. The van der Waals surface area contributed by atoms with Crippen LogP contribution in [-0.2, 0) is 16.0 Å². The maximum absolute atomic E-state index is 13.0. The number of aryl methyl sites for hydroxylation is 1. The lowest BCUT2D eigenvalue weighted by atomic mass is 10.3. The van der Waals surface area contributed by atoms with Gasteiger partial charge < -0.3 is 14.4 Å². The van der Waals surface area contributed by atoms with Crippen LogP contribution in [-0.4, -0.2) is 59.6 Å². The van der Waals surface area contributed by atoms with Crippen LogP contribution in [0.4, 0.5) is 19.1 Å². The second kappa shape index (κ2) is 6.51. The number of anilines is 1. The summed E-state index contributed by atoms with van der Waals surface area (Å²) in [6.45, 7) is 2.24. The molecule has 1 atom stereocenters. The maximum Gasteiger partial charge on any atom is 0.416 e. The van der Waals surface area contributed by atoms with Gasteiger partial charge in [0.1, 0.15) is 5.52 Å². The molecule has 10 heteroatoms. The fourth-order valence-corrected chi connectivity index (χ4v) is 2.79. The first-order chi connectivity index (χ1) is 11.8. The maximum atomic E-state index is 13.0. The van der Waals surface area contributed by atoms with Crippen molar-refractivity contribution < 1.29 is 27.4 Å². The van der Waals surface area contributed by atoms with Crippen molar-refractivity contribution in [3.63, 3.8) is 0 Å². The van der Waals surface area contributed by atoms with Crippen LogP contribution >= 0.6 is 0 Å². The summed E-state index contributed by atoms with van der Waals surface area (Å²) in [6.07, 6.45) is -4.92. The van der Waals surface area contributed by atoms with Crippen molar-refractivity contribution in [2.24, 2.45) is 0 Å². The summed E-state index contributed by atoms with van der Waals surface area (Å²) in [5.41, 5.74) is 1.16. The first-order valence-corrected chi connectivity index (χ1v) is 7.73. The highest BCUT2D eigenvalue weighted by Gasteiger charge is 2.44. The number of alkyl halides is 3. The van der Waals surface area contributed by atoms with Gasteiger partial charge in [-0.3, -0.25) is 4.57 Å². The van der Waals surface area contributed by atoms with Crippen LogP contribution in [0, 0.1) is 0 Å². The molecule has 0 radical (unpaired) electrons. The van der Waals surface area contributed by atoms with Gasteiger partial charge in [-0.2, -0.15) is 13.2 Å². The zero-order valence-corrected chi connectivity index (χ0v) is 13.7. The number of imidazole rings is 1. The second-order valence-electron chi connectivity index (χ2n) is 5.56. The van der Waals surface area contributed by atoms with Crippen LogP contribution in [0.5, 0.6) is 0 Å². The number of nitrogens with zero attached hydrogens (tertiary/aromatic N) is 4. The summed E-state index contributed by atoms with van der Waals surface area (Å²) in [4.78, 5) is 21.8. The molecule has 1 aliphatic rings. The van der Waals surface area contributed by atoms with E-state index in [-0.39, 0.29) is 18.7 Å². The molecule has 0 saturated carbocycles. The van der Waals surface area contributed by atoms with E-state index < -0.39 is 18.2 Å². The fraction of sp³-hybridized carbons (Fsp3) is 0.533. The number of morpholine rings is 1. The molecule has 2 aromatic heterocycles. The molecule has 1 fully saturated rings. The minimum atomic E-state index is -4.43. The number of aromatic nitrogens is 3. The van der Waals surface area contributed by atoms with E-state index in [0.717, 1.165) is 0 Å². The van der Waals surface area contributed by atoms with E-state index in [4.69, 9.17) is 4.74 Å². The molecule has 1 aliphatic heterocycles. The quantitative estimate of drug-likeness (QED) is 0.782. The number of pyridine rings is 1. The average molecular weight is 358 g/mol. The predicted octanol–water partition coefficient (Wildman–Crippen LogP) is 2.01. The Morgan fingerprint density at radius 3 is 2.88 bits per heavy atom. The summed E-state index contributed by atoms with van der Waals surface area (Å²) < 4.78 is 50.1. The molecule has 0 aliphatic carbocycles. The minimum absolute atomic E-state index is 0.0437. The van der Waals surface area contributed by atoms with Crippen molar-refractivity contribution >= 4 is 23.1 Å². The number of carbonyl (C=O) groups is 1. The van der Waals surface area contributed by atoms with Gasteiger partial charge in [-0.1, -0.05) is 0 Å². The molecule has 0 bridgehead atoms. The van der Waals surface area contributed by atoms with Crippen LogP contribution in [0.15, 0.2) is 12.3 Å². The number of hydrogen-bond acceptors (Lipinski definition) is 6. The third-order valence-corrected chi connectivity index (χ3v) is 4.02. The summed E-state index contributed by atoms with van der Waals surface area (Å²) in [6, 6.07) is 1.52. The average Bonchev–Trinajstić information content (AvgIpc) is 2.98. The first kappa shape index (κ1) is 17.5.